The summed E-state index contributed by atoms with van der Waals surface area (Å²) in [6.45, 7) is 2.56. The fourth-order valence-electron chi connectivity index (χ4n) is 2.97. The lowest BCUT2D eigenvalue weighted by molar-refractivity contribution is -0.509. The lowest BCUT2D eigenvalue weighted by atomic mass is 10.1. The third kappa shape index (κ3) is 2.86. The van der Waals surface area contributed by atoms with Crippen LogP contribution in [0.4, 0.5) is 0 Å². The zero-order valence-electron chi connectivity index (χ0n) is 14.7. The lowest BCUT2D eigenvalue weighted by Crippen LogP contribution is -2.19. The molecule has 0 saturated heterocycles. The molecule has 0 spiro atoms. The van der Waals surface area contributed by atoms with Crippen LogP contribution in [-0.2, 0) is 0 Å². The molecule has 0 amide bonds. The van der Waals surface area contributed by atoms with E-state index in [1.54, 1.807) is 7.11 Å². The zero-order valence-corrected chi connectivity index (χ0v) is 14.7. The van der Waals surface area contributed by atoms with Gasteiger partial charge in [-0.1, -0.05) is 0 Å². The minimum atomic E-state index is 0.601. The van der Waals surface area contributed by atoms with E-state index in [0.717, 1.165) is 28.2 Å². The van der Waals surface area contributed by atoms with Crippen LogP contribution < -0.4 is 13.9 Å². The van der Waals surface area contributed by atoms with Crippen LogP contribution in [0.25, 0.3) is 22.5 Å². The Balaban J connectivity index is 1.76. The predicted molar refractivity (Wildman–Crippen MR) is 97.7 cm³/mol. The minimum Gasteiger partial charge on any atom is -0.493 e. The highest BCUT2D eigenvalue weighted by atomic mass is 16.5. The first-order valence-corrected chi connectivity index (χ1v) is 8.39. The van der Waals surface area contributed by atoms with Gasteiger partial charge in [-0.05, 0) is 25.1 Å². The van der Waals surface area contributed by atoms with Gasteiger partial charge in [0.05, 0.1) is 13.7 Å². The maximum absolute atomic E-state index is 5.60. The molecule has 0 N–H and O–H groups in total. The zero-order chi connectivity index (χ0) is 17.9. The van der Waals surface area contributed by atoms with Crippen molar-refractivity contribution in [1.29, 1.82) is 0 Å². The van der Waals surface area contributed by atoms with E-state index in [2.05, 4.69) is 37.3 Å². The second-order valence-corrected chi connectivity index (χ2v) is 5.75. The second kappa shape index (κ2) is 6.84. The maximum Gasteiger partial charge on any atom is 0.291 e. The number of hydrogen-bond donors (Lipinski definition) is 0. The summed E-state index contributed by atoms with van der Waals surface area (Å²) in [5.41, 5.74) is 4.09. The van der Waals surface area contributed by atoms with Crippen LogP contribution in [0.1, 0.15) is 6.92 Å². The summed E-state index contributed by atoms with van der Waals surface area (Å²) >= 11 is 0. The predicted octanol–water partition coefficient (Wildman–Crippen LogP) is 3.08. The van der Waals surface area contributed by atoms with E-state index in [9.17, 15) is 0 Å². The first kappa shape index (κ1) is 16.1. The number of hydrogen-bond acceptors (Lipinski definition) is 4. The van der Waals surface area contributed by atoms with Crippen molar-refractivity contribution in [3.8, 4) is 28.3 Å². The molecular weight excluding hydrogens is 328 g/mol. The molecule has 0 fully saturated rings. The van der Waals surface area contributed by atoms with E-state index >= 15 is 0 Å². The maximum atomic E-state index is 5.60. The van der Waals surface area contributed by atoms with Crippen molar-refractivity contribution in [3.63, 3.8) is 0 Å². The minimum absolute atomic E-state index is 0.601. The molecule has 6 heteroatoms. The number of ether oxygens (including phenoxy) is 2. The van der Waals surface area contributed by atoms with Gasteiger partial charge in [-0.2, -0.15) is 4.57 Å². The fraction of sp³-hybridized carbons (Fsp3) is 0.150. The fourth-order valence-corrected chi connectivity index (χ4v) is 2.97. The third-order valence-electron chi connectivity index (χ3n) is 4.20. The number of aromatic nitrogens is 4. The van der Waals surface area contributed by atoms with Crippen molar-refractivity contribution in [2.75, 3.05) is 13.7 Å². The Kier molecular flexibility index (Phi) is 4.23. The Morgan fingerprint density at radius 3 is 2.65 bits per heavy atom. The quantitative estimate of drug-likeness (QED) is 0.521. The van der Waals surface area contributed by atoms with E-state index in [-0.39, 0.29) is 0 Å². The summed E-state index contributed by atoms with van der Waals surface area (Å²) < 4.78 is 15.2. The van der Waals surface area contributed by atoms with Gasteiger partial charge in [-0.15, -0.1) is 0 Å². The number of methoxy groups -OCH3 is 1. The van der Waals surface area contributed by atoms with Gasteiger partial charge in [-0.25, -0.2) is 14.4 Å². The van der Waals surface area contributed by atoms with Crippen LogP contribution in [0.5, 0.6) is 11.5 Å². The molecule has 0 radical (unpaired) electrons. The van der Waals surface area contributed by atoms with Crippen molar-refractivity contribution in [2.24, 2.45) is 0 Å². The van der Waals surface area contributed by atoms with Crippen molar-refractivity contribution >= 4 is 5.65 Å². The first-order valence-electron chi connectivity index (χ1n) is 8.39. The molecule has 0 aliphatic carbocycles. The van der Waals surface area contributed by atoms with E-state index in [1.165, 1.54) is 6.33 Å². The van der Waals surface area contributed by atoms with Crippen molar-refractivity contribution in [1.82, 2.24) is 14.5 Å². The van der Waals surface area contributed by atoms with Crippen molar-refractivity contribution in [2.45, 2.75) is 6.92 Å². The number of nitrogens with zero attached hydrogens (tertiary/aromatic N) is 4. The second-order valence-electron chi connectivity index (χ2n) is 5.75. The van der Waals surface area contributed by atoms with Crippen LogP contribution in [0.3, 0.4) is 0 Å². The van der Waals surface area contributed by atoms with E-state index in [0.29, 0.717) is 12.4 Å². The van der Waals surface area contributed by atoms with Crippen molar-refractivity contribution < 1.29 is 13.9 Å². The monoisotopic (exact) mass is 347 g/mol. The molecule has 1 aromatic carbocycles. The normalized spacial score (nSPS) is 10.8. The number of fused-ring (bicyclic) bond motifs is 1. The smallest absolute Gasteiger partial charge is 0.291 e. The van der Waals surface area contributed by atoms with Crippen LogP contribution >= 0.6 is 0 Å². The Hall–Kier alpha value is -3.41. The molecule has 26 heavy (non-hydrogen) atoms. The molecule has 3 aromatic heterocycles. The standard InChI is InChI=1S/C20H19N4O2/c1-3-26-18-6-5-17(10-19(18)25-2)24-9-8-23-13-15(4-7-20(23)24)16-11-21-14-22-12-16/h4-14H,3H2,1-2H3/q+1. The number of imidazole rings is 1. The summed E-state index contributed by atoms with van der Waals surface area (Å²) in [5.74, 6) is 1.46. The SMILES string of the molecule is CCOc1ccc(-n2cc[n+]3cc(-c4cncnc4)ccc23)cc1OC. The molecule has 4 rings (SSSR count). The van der Waals surface area contributed by atoms with Gasteiger partial charge in [0.15, 0.2) is 11.5 Å². The molecule has 130 valence electrons. The number of rotatable bonds is 5. The Morgan fingerprint density at radius 1 is 1.04 bits per heavy atom. The summed E-state index contributed by atoms with van der Waals surface area (Å²) in [7, 11) is 1.65. The molecule has 0 unspecified atom stereocenters. The molecule has 3 heterocycles. The van der Waals surface area contributed by atoms with Crippen LogP contribution in [0.15, 0.2) is 67.6 Å². The van der Waals surface area contributed by atoms with Gasteiger partial charge >= 0.3 is 0 Å². The molecule has 0 aliphatic heterocycles. The number of benzene rings is 1. The summed E-state index contributed by atoms with van der Waals surface area (Å²) in [5, 5.41) is 0. The molecule has 4 aromatic rings. The molecule has 0 atom stereocenters. The van der Waals surface area contributed by atoms with Crippen molar-refractivity contribution in [3.05, 3.63) is 67.6 Å². The third-order valence-corrected chi connectivity index (χ3v) is 4.20. The largest absolute Gasteiger partial charge is 0.493 e. The van der Waals surface area contributed by atoms with Crippen LogP contribution in [0.2, 0.25) is 0 Å². The van der Waals surface area contributed by atoms with Gasteiger partial charge in [0.25, 0.3) is 5.65 Å². The molecule has 0 aliphatic rings. The van der Waals surface area contributed by atoms with Gasteiger partial charge in [-0.3, -0.25) is 0 Å². The highest BCUT2D eigenvalue weighted by Crippen LogP contribution is 2.30. The first-order chi connectivity index (χ1) is 12.8. The Labute approximate surface area is 151 Å². The highest BCUT2D eigenvalue weighted by Gasteiger charge is 2.15. The molecule has 0 bridgehead atoms. The van der Waals surface area contributed by atoms with Gasteiger partial charge in [0, 0.05) is 35.7 Å². The van der Waals surface area contributed by atoms with Crippen LogP contribution in [0, 0.1) is 0 Å². The topological polar surface area (TPSA) is 53.3 Å². The molecular formula is C20H19N4O2+. The number of pyridine rings is 1. The van der Waals surface area contributed by atoms with E-state index in [4.69, 9.17) is 9.47 Å². The summed E-state index contributed by atoms with van der Waals surface area (Å²) in [6, 6.07) is 10.1. The average Bonchev–Trinajstić information content (AvgIpc) is 3.12. The molecule has 6 nitrogen and oxygen atoms in total. The Morgan fingerprint density at radius 2 is 1.88 bits per heavy atom. The van der Waals surface area contributed by atoms with Crippen LogP contribution in [-0.4, -0.2) is 28.3 Å². The van der Waals surface area contributed by atoms with Gasteiger partial charge < -0.3 is 9.47 Å². The van der Waals surface area contributed by atoms with E-state index in [1.807, 2.05) is 49.9 Å². The van der Waals surface area contributed by atoms with Gasteiger partial charge in [0.2, 0.25) is 0 Å². The average molecular weight is 347 g/mol. The summed E-state index contributed by atoms with van der Waals surface area (Å²) in [4.78, 5) is 8.17. The van der Waals surface area contributed by atoms with Gasteiger partial charge in [0.1, 0.15) is 30.6 Å². The lowest BCUT2D eigenvalue weighted by Gasteiger charge is -2.09. The Bertz CT molecular complexity index is 1040. The molecule has 0 saturated carbocycles. The summed E-state index contributed by atoms with van der Waals surface area (Å²) in [6.07, 6.45) is 11.3. The van der Waals surface area contributed by atoms with E-state index < -0.39 is 0 Å². The highest BCUT2D eigenvalue weighted by molar-refractivity contribution is 5.61.